The van der Waals surface area contributed by atoms with E-state index in [9.17, 15) is 27.6 Å². The van der Waals surface area contributed by atoms with E-state index in [1.165, 1.54) is 12.1 Å². The van der Waals surface area contributed by atoms with Gasteiger partial charge in [-0.05, 0) is 31.4 Å². The van der Waals surface area contributed by atoms with E-state index in [-0.39, 0.29) is 24.1 Å². The molecule has 8 heteroatoms. The lowest BCUT2D eigenvalue weighted by molar-refractivity contribution is -0.195. The molecule has 2 aliphatic rings. The second-order valence-corrected chi connectivity index (χ2v) is 5.88. The number of halogens is 3. The Morgan fingerprint density at radius 2 is 1.67 bits per heavy atom. The van der Waals surface area contributed by atoms with Crippen molar-refractivity contribution in [3.8, 4) is 0 Å². The largest absolute Gasteiger partial charge is 0.408 e. The first-order valence-corrected chi connectivity index (χ1v) is 7.62. The average molecular weight is 340 g/mol. The molecule has 1 aromatic rings. The zero-order valence-electron chi connectivity index (χ0n) is 12.7. The first kappa shape index (κ1) is 16.5. The summed E-state index contributed by atoms with van der Waals surface area (Å²) in [5.41, 5.74) is 0.336. The Labute approximate surface area is 136 Å². The monoisotopic (exact) mass is 340 g/mol. The molecule has 0 aromatic heterocycles. The maximum absolute atomic E-state index is 13.1. The molecule has 1 saturated heterocycles. The molecule has 2 aliphatic heterocycles. The zero-order valence-corrected chi connectivity index (χ0v) is 12.7. The number of benzene rings is 1. The molecule has 1 fully saturated rings. The van der Waals surface area contributed by atoms with Gasteiger partial charge in [-0.2, -0.15) is 13.2 Å². The molecule has 1 atom stereocenters. The summed E-state index contributed by atoms with van der Waals surface area (Å²) in [5, 5.41) is 0. The quantitative estimate of drug-likeness (QED) is 0.776. The molecule has 24 heavy (non-hydrogen) atoms. The molecule has 1 aromatic carbocycles. The highest BCUT2D eigenvalue weighted by molar-refractivity contribution is 6.22. The highest BCUT2D eigenvalue weighted by Gasteiger charge is 2.47. The van der Waals surface area contributed by atoms with Crippen molar-refractivity contribution in [2.75, 3.05) is 13.1 Å². The minimum Gasteiger partial charge on any atom is -0.329 e. The van der Waals surface area contributed by atoms with E-state index in [0.717, 1.165) is 9.80 Å². The number of nitrogens with zero attached hydrogens (tertiary/aromatic N) is 2. The lowest BCUT2D eigenvalue weighted by Crippen LogP contribution is -2.54. The van der Waals surface area contributed by atoms with Gasteiger partial charge in [-0.25, -0.2) is 0 Å². The summed E-state index contributed by atoms with van der Waals surface area (Å²) in [5.74, 6) is -2.15. The molecule has 0 bridgehead atoms. The van der Waals surface area contributed by atoms with E-state index >= 15 is 0 Å². The van der Waals surface area contributed by atoms with E-state index in [2.05, 4.69) is 0 Å². The Bertz CT molecular complexity index is 667. The van der Waals surface area contributed by atoms with E-state index < -0.39 is 36.5 Å². The maximum Gasteiger partial charge on any atom is 0.408 e. The Hall–Kier alpha value is -2.38. The van der Waals surface area contributed by atoms with Crippen LogP contribution in [0.2, 0.25) is 0 Å². The van der Waals surface area contributed by atoms with Crippen molar-refractivity contribution in [1.82, 2.24) is 9.80 Å². The van der Waals surface area contributed by atoms with Gasteiger partial charge in [0.2, 0.25) is 5.91 Å². The molecule has 2 heterocycles. The Kier molecular flexibility index (Phi) is 4.06. The molecule has 5 nitrogen and oxygen atoms in total. The third-order valence-corrected chi connectivity index (χ3v) is 4.37. The first-order chi connectivity index (χ1) is 11.3. The van der Waals surface area contributed by atoms with Gasteiger partial charge in [0.05, 0.1) is 11.1 Å². The van der Waals surface area contributed by atoms with Gasteiger partial charge in [0.1, 0.15) is 12.6 Å². The third-order valence-electron chi connectivity index (χ3n) is 4.37. The van der Waals surface area contributed by atoms with Crippen LogP contribution in [0.15, 0.2) is 24.3 Å². The van der Waals surface area contributed by atoms with Crippen molar-refractivity contribution >= 4 is 17.7 Å². The van der Waals surface area contributed by atoms with Crippen LogP contribution in [0.4, 0.5) is 13.2 Å². The Morgan fingerprint density at radius 1 is 1.08 bits per heavy atom. The minimum absolute atomic E-state index is 0.0216. The number of hydrogen-bond donors (Lipinski definition) is 0. The number of imide groups is 1. The van der Waals surface area contributed by atoms with Gasteiger partial charge < -0.3 is 4.90 Å². The van der Waals surface area contributed by atoms with Gasteiger partial charge in [-0.15, -0.1) is 0 Å². The number of carbonyl (C=O) groups is 3. The number of piperidine rings is 1. The molecule has 128 valence electrons. The van der Waals surface area contributed by atoms with E-state index in [1.807, 2.05) is 0 Å². The van der Waals surface area contributed by atoms with Crippen LogP contribution in [0, 0.1) is 0 Å². The Morgan fingerprint density at radius 3 is 2.21 bits per heavy atom. The van der Waals surface area contributed by atoms with E-state index in [0.29, 0.717) is 12.8 Å². The number of alkyl halides is 3. The van der Waals surface area contributed by atoms with Crippen molar-refractivity contribution in [3.63, 3.8) is 0 Å². The zero-order chi connectivity index (χ0) is 17.5. The fourth-order valence-corrected chi connectivity index (χ4v) is 3.18. The van der Waals surface area contributed by atoms with Crippen LogP contribution in [-0.2, 0) is 4.79 Å². The number of amides is 3. The summed E-state index contributed by atoms with van der Waals surface area (Å²) in [4.78, 5) is 38.2. The van der Waals surface area contributed by atoms with Gasteiger partial charge in [-0.1, -0.05) is 12.1 Å². The standard InChI is InChI=1S/C16H15F3N2O3/c17-16(18,19)12-7-3-4-8-20(12)13(22)9-21-14(23)10-5-1-2-6-11(10)15(21)24/h1-2,5-6,12H,3-4,7-9H2. The van der Waals surface area contributed by atoms with Gasteiger partial charge in [0.25, 0.3) is 11.8 Å². The maximum atomic E-state index is 13.1. The van der Waals surface area contributed by atoms with Crippen LogP contribution >= 0.6 is 0 Å². The van der Waals surface area contributed by atoms with Gasteiger partial charge in [0.15, 0.2) is 0 Å². The van der Waals surface area contributed by atoms with Crippen LogP contribution in [-0.4, -0.2) is 52.8 Å². The summed E-state index contributed by atoms with van der Waals surface area (Å²) >= 11 is 0. The van der Waals surface area contributed by atoms with E-state index in [1.54, 1.807) is 12.1 Å². The van der Waals surface area contributed by atoms with Gasteiger partial charge >= 0.3 is 6.18 Å². The van der Waals surface area contributed by atoms with Crippen LogP contribution < -0.4 is 0 Å². The number of likely N-dealkylation sites (tertiary alicyclic amines) is 1. The van der Waals surface area contributed by atoms with Crippen molar-refractivity contribution in [2.45, 2.75) is 31.5 Å². The highest BCUT2D eigenvalue weighted by Crippen LogP contribution is 2.32. The predicted octanol–water partition coefficient (Wildman–Crippen LogP) is 2.23. The normalized spacial score (nSPS) is 21.2. The molecule has 0 radical (unpaired) electrons. The molecule has 1 unspecified atom stereocenters. The smallest absolute Gasteiger partial charge is 0.329 e. The second kappa shape index (κ2) is 5.92. The van der Waals surface area contributed by atoms with Crippen molar-refractivity contribution in [3.05, 3.63) is 35.4 Å². The molecule has 0 saturated carbocycles. The van der Waals surface area contributed by atoms with Crippen molar-refractivity contribution in [1.29, 1.82) is 0 Å². The molecule has 0 N–H and O–H groups in total. The first-order valence-electron chi connectivity index (χ1n) is 7.62. The number of fused-ring (bicyclic) bond motifs is 1. The SMILES string of the molecule is O=C1c2ccccc2C(=O)N1CC(=O)N1CCCCC1C(F)(F)F. The summed E-state index contributed by atoms with van der Waals surface area (Å²) in [6.45, 7) is -0.689. The summed E-state index contributed by atoms with van der Waals surface area (Å²) < 4.78 is 39.3. The summed E-state index contributed by atoms with van der Waals surface area (Å²) in [7, 11) is 0. The molecule has 0 aliphatic carbocycles. The van der Waals surface area contributed by atoms with Crippen LogP contribution in [0.5, 0.6) is 0 Å². The van der Waals surface area contributed by atoms with Crippen LogP contribution in [0.25, 0.3) is 0 Å². The predicted molar refractivity (Wildman–Crippen MR) is 77.2 cm³/mol. The van der Waals surface area contributed by atoms with Crippen molar-refractivity contribution < 1.29 is 27.6 Å². The second-order valence-electron chi connectivity index (χ2n) is 5.88. The molecular formula is C16H15F3N2O3. The number of rotatable bonds is 2. The molecule has 3 rings (SSSR count). The molecule has 0 spiro atoms. The van der Waals surface area contributed by atoms with Crippen molar-refractivity contribution in [2.24, 2.45) is 0 Å². The number of carbonyl (C=O) groups excluding carboxylic acids is 3. The molecule has 3 amide bonds. The van der Waals surface area contributed by atoms with E-state index in [4.69, 9.17) is 0 Å². The van der Waals surface area contributed by atoms with Crippen LogP contribution in [0.3, 0.4) is 0 Å². The lowest BCUT2D eigenvalue weighted by Gasteiger charge is -2.37. The fourth-order valence-electron chi connectivity index (χ4n) is 3.18. The molecular weight excluding hydrogens is 325 g/mol. The fraction of sp³-hybridized carbons (Fsp3) is 0.438. The topological polar surface area (TPSA) is 57.7 Å². The summed E-state index contributed by atoms with van der Waals surface area (Å²) in [6, 6.07) is 4.23. The average Bonchev–Trinajstić information content (AvgIpc) is 2.79. The third kappa shape index (κ3) is 2.76. The van der Waals surface area contributed by atoms with Crippen LogP contribution in [0.1, 0.15) is 40.0 Å². The Balaban J connectivity index is 1.78. The highest BCUT2D eigenvalue weighted by atomic mass is 19.4. The minimum atomic E-state index is -4.52. The number of hydrogen-bond acceptors (Lipinski definition) is 3. The van der Waals surface area contributed by atoms with Gasteiger partial charge in [0, 0.05) is 6.54 Å². The van der Waals surface area contributed by atoms with Gasteiger partial charge in [-0.3, -0.25) is 19.3 Å². The summed E-state index contributed by atoms with van der Waals surface area (Å²) in [6.07, 6.45) is -3.81. The lowest BCUT2D eigenvalue weighted by atomic mass is 10.0.